The molecule has 0 amide bonds. The lowest BCUT2D eigenvalue weighted by atomic mass is 10.2. The van der Waals surface area contributed by atoms with E-state index >= 15 is 0 Å². The van der Waals surface area contributed by atoms with Gasteiger partial charge < -0.3 is 10.5 Å². The molecule has 0 saturated heterocycles. The summed E-state index contributed by atoms with van der Waals surface area (Å²) in [4.78, 5) is 13.0. The molecule has 0 fully saturated rings. The molecule has 5 nitrogen and oxygen atoms in total. The quantitative estimate of drug-likeness (QED) is 0.499. The minimum atomic E-state index is 0.491. The van der Waals surface area contributed by atoms with E-state index in [1.807, 2.05) is 18.4 Å². The van der Waals surface area contributed by atoms with Crippen LogP contribution < -0.4 is 5.73 Å². The highest BCUT2D eigenvalue weighted by Gasteiger charge is 2.07. The van der Waals surface area contributed by atoms with Gasteiger partial charge in [-0.05, 0) is 12.3 Å². The second-order valence-electron chi connectivity index (χ2n) is 3.95. The van der Waals surface area contributed by atoms with Crippen LogP contribution in [0.25, 0.3) is 0 Å². The van der Waals surface area contributed by atoms with E-state index in [9.17, 15) is 0 Å². The molecule has 0 saturated carbocycles. The molecule has 20 heavy (non-hydrogen) atoms. The van der Waals surface area contributed by atoms with Gasteiger partial charge in [-0.15, -0.1) is 11.8 Å². The van der Waals surface area contributed by atoms with E-state index in [-0.39, 0.29) is 0 Å². The van der Waals surface area contributed by atoms with Crippen LogP contribution in [-0.4, -0.2) is 28.3 Å². The molecule has 2 heterocycles. The monoisotopic (exact) mass is 308 g/mol. The lowest BCUT2D eigenvalue weighted by Crippen LogP contribution is -1.99. The molecule has 0 bridgehead atoms. The van der Waals surface area contributed by atoms with Gasteiger partial charge in [0.05, 0.1) is 12.3 Å². The Kier molecular flexibility index (Phi) is 5.63. The van der Waals surface area contributed by atoms with Gasteiger partial charge in [-0.25, -0.2) is 9.97 Å². The molecule has 0 aliphatic heterocycles. The first-order chi connectivity index (χ1) is 9.72. The highest BCUT2D eigenvalue weighted by molar-refractivity contribution is 7.99. The third-order valence-electron chi connectivity index (χ3n) is 2.53. The van der Waals surface area contributed by atoms with E-state index in [0.29, 0.717) is 23.3 Å². The minimum Gasteiger partial charge on any atom is -0.384 e. The van der Waals surface area contributed by atoms with E-state index in [4.69, 9.17) is 10.5 Å². The van der Waals surface area contributed by atoms with Crippen LogP contribution in [0.3, 0.4) is 0 Å². The van der Waals surface area contributed by atoms with Gasteiger partial charge in [0.25, 0.3) is 0 Å². The van der Waals surface area contributed by atoms with E-state index in [1.165, 1.54) is 11.8 Å². The van der Waals surface area contributed by atoms with Gasteiger partial charge >= 0.3 is 0 Å². The van der Waals surface area contributed by atoms with Crippen LogP contribution in [0.15, 0.2) is 34.6 Å². The number of pyridine rings is 1. The summed E-state index contributed by atoms with van der Waals surface area (Å²) in [5.74, 6) is 1.18. The largest absolute Gasteiger partial charge is 0.384 e. The smallest absolute Gasteiger partial charge is 0.190 e. The van der Waals surface area contributed by atoms with Crippen LogP contribution in [0.2, 0.25) is 0 Å². The first-order valence-electron chi connectivity index (χ1n) is 5.96. The second-order valence-corrected chi connectivity index (χ2v) is 5.72. The molecule has 106 valence electrons. The average Bonchev–Trinajstić information content (AvgIpc) is 2.46. The molecule has 0 spiro atoms. The fraction of sp³-hybridized carbons (Fsp3) is 0.308. The Balaban J connectivity index is 2.10. The van der Waals surface area contributed by atoms with Crippen LogP contribution in [0, 0.1) is 0 Å². The van der Waals surface area contributed by atoms with Crippen LogP contribution in [0.4, 0.5) is 5.82 Å². The fourth-order valence-electron chi connectivity index (χ4n) is 1.61. The minimum absolute atomic E-state index is 0.491. The summed E-state index contributed by atoms with van der Waals surface area (Å²) in [5, 5.41) is 1.54. The van der Waals surface area contributed by atoms with Gasteiger partial charge in [0.1, 0.15) is 10.8 Å². The highest BCUT2D eigenvalue weighted by Crippen LogP contribution is 2.24. The maximum Gasteiger partial charge on any atom is 0.190 e. The van der Waals surface area contributed by atoms with Gasteiger partial charge in [-0.2, -0.15) is 0 Å². The summed E-state index contributed by atoms with van der Waals surface area (Å²) in [6.07, 6.45) is 3.74. The Morgan fingerprint density at radius 1 is 1.35 bits per heavy atom. The number of nitrogen functional groups attached to an aromatic ring is 1. The Labute approximate surface area is 126 Å². The van der Waals surface area contributed by atoms with Gasteiger partial charge in [0, 0.05) is 30.7 Å². The number of nitrogens with zero attached hydrogens (tertiary/aromatic N) is 3. The molecule has 0 aliphatic rings. The Hall–Kier alpha value is -1.31. The third-order valence-corrected chi connectivity index (χ3v) is 4.02. The first kappa shape index (κ1) is 15.1. The van der Waals surface area contributed by atoms with Crippen LogP contribution >= 0.6 is 23.5 Å². The maximum absolute atomic E-state index is 5.77. The van der Waals surface area contributed by atoms with Crippen molar-refractivity contribution >= 4 is 29.3 Å². The van der Waals surface area contributed by atoms with Crippen molar-refractivity contribution in [3.63, 3.8) is 0 Å². The first-order valence-corrected chi connectivity index (χ1v) is 8.17. The Bertz CT molecular complexity index is 580. The molecule has 0 aliphatic carbocycles. The number of anilines is 1. The van der Waals surface area contributed by atoms with E-state index in [1.54, 1.807) is 31.1 Å². The van der Waals surface area contributed by atoms with Crippen LogP contribution in [0.5, 0.6) is 0 Å². The number of methoxy groups -OCH3 is 1. The standard InChI is InChI=1S/C13H16N4OS2/c1-18-7-9-4-3-5-15-10(9)8-20-13-16-11(14)6-12(17-13)19-2/h3-6H,7-8H2,1-2H3,(H2,14,16,17). The molecular weight excluding hydrogens is 292 g/mol. The van der Waals surface area contributed by atoms with Gasteiger partial charge in [0.15, 0.2) is 5.16 Å². The number of aromatic nitrogens is 3. The number of hydrogen-bond donors (Lipinski definition) is 1. The summed E-state index contributed by atoms with van der Waals surface area (Å²) in [6.45, 7) is 0.553. The maximum atomic E-state index is 5.77. The zero-order valence-electron chi connectivity index (χ0n) is 11.4. The van der Waals surface area contributed by atoms with Crippen molar-refractivity contribution < 1.29 is 4.74 Å². The van der Waals surface area contributed by atoms with Crippen molar-refractivity contribution in [2.45, 2.75) is 22.5 Å². The SMILES string of the molecule is COCc1cccnc1CSc1nc(N)cc(SC)n1. The van der Waals surface area contributed by atoms with Crippen LogP contribution in [0.1, 0.15) is 11.3 Å². The molecule has 2 rings (SSSR count). The van der Waals surface area contributed by atoms with Crippen LogP contribution in [-0.2, 0) is 17.1 Å². The summed E-state index contributed by atoms with van der Waals surface area (Å²) in [5.41, 5.74) is 7.83. The summed E-state index contributed by atoms with van der Waals surface area (Å²) in [7, 11) is 1.68. The van der Waals surface area contributed by atoms with Crippen molar-refractivity contribution in [3.8, 4) is 0 Å². The number of nitrogens with two attached hydrogens (primary N) is 1. The zero-order chi connectivity index (χ0) is 14.4. The molecule has 7 heteroatoms. The van der Waals surface area contributed by atoms with Crippen molar-refractivity contribution in [2.75, 3.05) is 19.1 Å². The number of rotatable bonds is 6. The molecule has 2 N–H and O–H groups in total. The number of hydrogen-bond acceptors (Lipinski definition) is 7. The zero-order valence-corrected chi connectivity index (χ0v) is 13.0. The molecular formula is C13H16N4OS2. The van der Waals surface area contributed by atoms with E-state index in [0.717, 1.165) is 16.3 Å². The van der Waals surface area contributed by atoms with Crippen molar-refractivity contribution in [1.82, 2.24) is 15.0 Å². The van der Waals surface area contributed by atoms with Gasteiger partial charge in [0.2, 0.25) is 0 Å². The Morgan fingerprint density at radius 3 is 2.95 bits per heavy atom. The predicted octanol–water partition coefficient (Wildman–Crippen LogP) is 2.61. The number of ether oxygens (including phenoxy) is 1. The van der Waals surface area contributed by atoms with Crippen molar-refractivity contribution in [1.29, 1.82) is 0 Å². The van der Waals surface area contributed by atoms with E-state index in [2.05, 4.69) is 15.0 Å². The van der Waals surface area contributed by atoms with E-state index < -0.39 is 0 Å². The predicted molar refractivity (Wildman–Crippen MR) is 82.7 cm³/mol. The van der Waals surface area contributed by atoms with Gasteiger partial charge in [-0.3, -0.25) is 4.98 Å². The molecule has 0 unspecified atom stereocenters. The molecule has 2 aromatic rings. The highest BCUT2D eigenvalue weighted by atomic mass is 32.2. The molecule has 0 radical (unpaired) electrons. The third kappa shape index (κ3) is 4.09. The van der Waals surface area contributed by atoms with Crippen molar-refractivity contribution in [3.05, 3.63) is 35.7 Å². The molecule has 0 aromatic carbocycles. The molecule has 0 atom stereocenters. The normalized spacial score (nSPS) is 10.7. The van der Waals surface area contributed by atoms with Gasteiger partial charge in [-0.1, -0.05) is 17.8 Å². The topological polar surface area (TPSA) is 73.9 Å². The average molecular weight is 308 g/mol. The number of thioether (sulfide) groups is 2. The second kappa shape index (κ2) is 7.47. The fourth-order valence-corrected chi connectivity index (χ4v) is 2.94. The lowest BCUT2D eigenvalue weighted by Gasteiger charge is -2.07. The Morgan fingerprint density at radius 2 is 2.20 bits per heavy atom. The lowest BCUT2D eigenvalue weighted by molar-refractivity contribution is 0.184. The van der Waals surface area contributed by atoms with Crippen molar-refractivity contribution in [2.24, 2.45) is 0 Å². The summed E-state index contributed by atoms with van der Waals surface area (Å²) >= 11 is 3.07. The summed E-state index contributed by atoms with van der Waals surface area (Å²) in [6, 6.07) is 5.69. The summed E-state index contributed by atoms with van der Waals surface area (Å²) < 4.78 is 5.17. The molecule has 2 aromatic heterocycles.